The summed E-state index contributed by atoms with van der Waals surface area (Å²) in [5.74, 6) is -0.458. The van der Waals surface area contributed by atoms with Crippen LogP contribution in [0.4, 0.5) is 0 Å². The summed E-state index contributed by atoms with van der Waals surface area (Å²) in [7, 11) is 1.29. The minimum absolute atomic E-state index is 0.345. The predicted octanol–water partition coefficient (Wildman–Crippen LogP) is 0.553. The van der Waals surface area contributed by atoms with Crippen molar-refractivity contribution in [3.63, 3.8) is 0 Å². The van der Waals surface area contributed by atoms with Crippen LogP contribution < -0.4 is 5.48 Å². The Bertz CT molecular complexity index is 139. The van der Waals surface area contributed by atoms with Gasteiger partial charge in [-0.25, -0.2) is 0 Å². The summed E-state index contributed by atoms with van der Waals surface area (Å²) in [6.07, 6.45) is 0. The Morgan fingerprint density at radius 3 is 2.09 bits per heavy atom. The average molecular weight is 161 g/mol. The first-order valence-electron chi connectivity index (χ1n) is 3.41. The average Bonchev–Trinajstić information content (AvgIpc) is 1.86. The second-order valence-corrected chi connectivity index (χ2v) is 3.45. The molecule has 0 bridgehead atoms. The molecule has 11 heavy (non-hydrogen) atoms. The van der Waals surface area contributed by atoms with Crippen LogP contribution in [0, 0.1) is 5.41 Å². The van der Waals surface area contributed by atoms with Gasteiger partial charge in [-0.2, -0.15) is 5.48 Å². The van der Waals surface area contributed by atoms with Crippen LogP contribution in [-0.2, 0) is 9.53 Å². The van der Waals surface area contributed by atoms with Gasteiger partial charge in [0.05, 0.1) is 7.11 Å². The van der Waals surface area contributed by atoms with Gasteiger partial charge in [0.2, 0.25) is 0 Å². The van der Waals surface area contributed by atoms with Crippen LogP contribution in [0.1, 0.15) is 20.8 Å². The van der Waals surface area contributed by atoms with Crippen LogP contribution in [0.3, 0.4) is 0 Å². The Labute approximate surface area is 66.5 Å². The van der Waals surface area contributed by atoms with Crippen molar-refractivity contribution in [3.05, 3.63) is 0 Å². The minimum atomic E-state index is -0.674. The molecule has 0 radical (unpaired) electrons. The molecule has 4 nitrogen and oxygen atoms in total. The molecule has 0 aromatic carbocycles. The monoisotopic (exact) mass is 161 g/mol. The number of rotatable bonds is 2. The molecule has 0 heterocycles. The lowest BCUT2D eigenvalue weighted by atomic mass is 9.87. The number of hydrogen-bond acceptors (Lipinski definition) is 4. The summed E-state index contributed by atoms with van der Waals surface area (Å²) in [5, 5.41) is 8.61. The molecule has 0 aliphatic rings. The van der Waals surface area contributed by atoms with Crippen molar-refractivity contribution < 1.29 is 14.7 Å². The first-order valence-corrected chi connectivity index (χ1v) is 3.41. The summed E-state index contributed by atoms with van der Waals surface area (Å²) in [5.41, 5.74) is 1.57. The standard InChI is InChI=1S/C7H15NO3/c1-7(2,3)5(8-10)6(9)11-4/h5,8,10H,1-4H3/t5-/m1/s1. The maximum absolute atomic E-state index is 10.9. The molecule has 0 aliphatic heterocycles. The molecule has 4 heteroatoms. The van der Waals surface area contributed by atoms with E-state index in [1.807, 2.05) is 26.3 Å². The molecule has 0 saturated carbocycles. The van der Waals surface area contributed by atoms with Crippen molar-refractivity contribution in [1.29, 1.82) is 0 Å². The minimum Gasteiger partial charge on any atom is -0.468 e. The van der Waals surface area contributed by atoms with E-state index >= 15 is 0 Å². The van der Waals surface area contributed by atoms with E-state index in [0.717, 1.165) is 0 Å². The van der Waals surface area contributed by atoms with E-state index in [4.69, 9.17) is 5.21 Å². The Balaban J connectivity index is 4.29. The van der Waals surface area contributed by atoms with Gasteiger partial charge < -0.3 is 9.94 Å². The lowest BCUT2D eigenvalue weighted by Crippen LogP contribution is -2.45. The van der Waals surface area contributed by atoms with Gasteiger partial charge >= 0.3 is 5.97 Å². The fourth-order valence-electron chi connectivity index (χ4n) is 0.718. The molecule has 1 atom stereocenters. The zero-order valence-electron chi connectivity index (χ0n) is 7.34. The van der Waals surface area contributed by atoms with Crippen molar-refractivity contribution >= 4 is 5.97 Å². The molecule has 0 unspecified atom stereocenters. The quantitative estimate of drug-likeness (QED) is 0.458. The van der Waals surface area contributed by atoms with Crippen molar-refractivity contribution in [2.24, 2.45) is 5.41 Å². The van der Waals surface area contributed by atoms with E-state index in [9.17, 15) is 4.79 Å². The topological polar surface area (TPSA) is 58.6 Å². The van der Waals surface area contributed by atoms with Crippen molar-refractivity contribution in [3.8, 4) is 0 Å². The molecule has 0 saturated heterocycles. The summed E-state index contributed by atoms with van der Waals surface area (Å²) >= 11 is 0. The van der Waals surface area contributed by atoms with Gasteiger partial charge in [0.25, 0.3) is 0 Å². The van der Waals surface area contributed by atoms with Gasteiger partial charge in [-0.3, -0.25) is 4.79 Å². The molecule has 0 aromatic rings. The highest BCUT2D eigenvalue weighted by molar-refractivity contribution is 5.76. The fourth-order valence-corrected chi connectivity index (χ4v) is 0.718. The number of methoxy groups -OCH3 is 1. The molecule has 0 aromatic heterocycles. The number of nitrogens with one attached hydrogen (secondary N) is 1. The van der Waals surface area contributed by atoms with Gasteiger partial charge in [0, 0.05) is 0 Å². The second-order valence-electron chi connectivity index (χ2n) is 3.45. The molecule has 0 amide bonds. The maximum Gasteiger partial charge on any atom is 0.325 e. The fraction of sp³-hybridized carbons (Fsp3) is 0.857. The van der Waals surface area contributed by atoms with Crippen LogP contribution >= 0.6 is 0 Å². The van der Waals surface area contributed by atoms with Crippen LogP contribution in [-0.4, -0.2) is 24.3 Å². The van der Waals surface area contributed by atoms with Gasteiger partial charge in [-0.15, -0.1) is 0 Å². The Kier molecular flexibility index (Phi) is 3.48. The molecular formula is C7H15NO3. The third-order valence-corrected chi connectivity index (χ3v) is 1.43. The van der Waals surface area contributed by atoms with E-state index in [2.05, 4.69) is 4.74 Å². The maximum atomic E-state index is 10.9. The molecule has 0 rings (SSSR count). The normalized spacial score (nSPS) is 14.3. The molecule has 0 aliphatic carbocycles. The van der Waals surface area contributed by atoms with Crippen molar-refractivity contribution in [1.82, 2.24) is 5.48 Å². The zero-order chi connectivity index (χ0) is 9.07. The third-order valence-electron chi connectivity index (χ3n) is 1.43. The van der Waals surface area contributed by atoms with Crippen molar-refractivity contribution in [2.75, 3.05) is 7.11 Å². The van der Waals surface area contributed by atoms with Gasteiger partial charge in [-0.05, 0) is 5.41 Å². The molecule has 0 fully saturated rings. The smallest absolute Gasteiger partial charge is 0.325 e. The van der Waals surface area contributed by atoms with E-state index in [0.29, 0.717) is 0 Å². The highest BCUT2D eigenvalue weighted by Crippen LogP contribution is 2.19. The Morgan fingerprint density at radius 1 is 1.55 bits per heavy atom. The highest BCUT2D eigenvalue weighted by Gasteiger charge is 2.31. The number of hydroxylamine groups is 1. The van der Waals surface area contributed by atoms with Crippen LogP contribution in [0.2, 0.25) is 0 Å². The lowest BCUT2D eigenvalue weighted by molar-refractivity contribution is -0.149. The largest absolute Gasteiger partial charge is 0.468 e. The zero-order valence-corrected chi connectivity index (χ0v) is 7.34. The van der Waals surface area contributed by atoms with Gasteiger partial charge in [0.15, 0.2) is 0 Å². The number of esters is 1. The lowest BCUT2D eigenvalue weighted by Gasteiger charge is -2.26. The Morgan fingerprint density at radius 2 is 2.00 bits per heavy atom. The van der Waals surface area contributed by atoms with Crippen LogP contribution in [0.25, 0.3) is 0 Å². The summed E-state index contributed by atoms with van der Waals surface area (Å²) in [4.78, 5) is 10.9. The van der Waals surface area contributed by atoms with E-state index in [1.54, 1.807) is 0 Å². The van der Waals surface area contributed by atoms with Crippen LogP contribution in [0.15, 0.2) is 0 Å². The van der Waals surface area contributed by atoms with Gasteiger partial charge in [0.1, 0.15) is 6.04 Å². The predicted molar refractivity (Wildman–Crippen MR) is 40.2 cm³/mol. The summed E-state index contributed by atoms with van der Waals surface area (Å²) in [6, 6.07) is -0.674. The Hall–Kier alpha value is -0.610. The highest BCUT2D eigenvalue weighted by atomic mass is 16.5. The SMILES string of the molecule is COC(=O)[C@@H](NO)C(C)(C)C. The molecule has 0 spiro atoms. The van der Waals surface area contributed by atoms with E-state index in [1.165, 1.54) is 7.11 Å². The molecule has 2 N–H and O–H groups in total. The molecular weight excluding hydrogens is 146 g/mol. The second kappa shape index (κ2) is 3.69. The first kappa shape index (κ1) is 10.4. The summed E-state index contributed by atoms with van der Waals surface area (Å²) in [6.45, 7) is 5.49. The van der Waals surface area contributed by atoms with E-state index in [-0.39, 0.29) is 5.41 Å². The first-order chi connectivity index (χ1) is 4.93. The number of hydrogen-bond donors (Lipinski definition) is 2. The van der Waals surface area contributed by atoms with E-state index < -0.39 is 12.0 Å². The number of carbonyl (C=O) groups excluding carboxylic acids is 1. The van der Waals surface area contributed by atoms with Crippen LogP contribution in [0.5, 0.6) is 0 Å². The van der Waals surface area contributed by atoms with Crippen molar-refractivity contribution in [2.45, 2.75) is 26.8 Å². The van der Waals surface area contributed by atoms with Gasteiger partial charge in [-0.1, -0.05) is 20.8 Å². The number of carbonyl (C=O) groups is 1. The number of ether oxygens (including phenoxy) is 1. The summed E-state index contributed by atoms with van der Waals surface area (Å²) < 4.78 is 4.47. The third kappa shape index (κ3) is 2.86. The molecule has 66 valence electrons.